The van der Waals surface area contributed by atoms with Gasteiger partial charge in [-0.05, 0) is 24.3 Å². The van der Waals surface area contributed by atoms with E-state index < -0.39 is 11.9 Å². The third-order valence-corrected chi connectivity index (χ3v) is 4.83. The van der Waals surface area contributed by atoms with Crippen molar-refractivity contribution >= 4 is 35.5 Å². The summed E-state index contributed by atoms with van der Waals surface area (Å²) in [4.78, 5) is 23.9. The van der Waals surface area contributed by atoms with Crippen molar-refractivity contribution in [2.45, 2.75) is 9.79 Å². The normalized spacial score (nSPS) is 11.6. The highest BCUT2D eigenvalue weighted by Crippen LogP contribution is 2.36. The van der Waals surface area contributed by atoms with Crippen LogP contribution in [-0.2, 0) is 9.59 Å². The minimum absolute atomic E-state index is 0.201. The molecule has 2 rings (SSSR count). The number of rotatable bonds is 6. The average molecular weight is 332 g/mol. The molecular weight excluding hydrogens is 320 g/mol. The highest BCUT2D eigenvalue weighted by Gasteiger charge is 2.22. The molecule has 0 unspecified atom stereocenters. The van der Waals surface area contributed by atoms with Gasteiger partial charge in [-0.1, -0.05) is 59.9 Å². The van der Waals surface area contributed by atoms with Crippen molar-refractivity contribution in [3.8, 4) is 0 Å². The van der Waals surface area contributed by atoms with Crippen LogP contribution < -0.4 is 0 Å². The Morgan fingerprint density at radius 3 is 1.23 bits per heavy atom. The molecule has 22 heavy (non-hydrogen) atoms. The van der Waals surface area contributed by atoms with E-state index in [2.05, 4.69) is 0 Å². The van der Waals surface area contributed by atoms with Gasteiger partial charge in [0, 0.05) is 9.79 Å². The molecule has 0 saturated heterocycles. The molecule has 0 atom stereocenters. The highest BCUT2D eigenvalue weighted by atomic mass is 32.2. The van der Waals surface area contributed by atoms with E-state index in [1.54, 1.807) is 48.5 Å². The van der Waals surface area contributed by atoms with Crippen LogP contribution in [0.1, 0.15) is 0 Å². The van der Waals surface area contributed by atoms with E-state index in [1.807, 2.05) is 12.1 Å². The molecule has 0 fully saturated rings. The van der Waals surface area contributed by atoms with Crippen molar-refractivity contribution in [1.82, 2.24) is 0 Å². The van der Waals surface area contributed by atoms with Gasteiger partial charge in [0.25, 0.3) is 0 Å². The van der Waals surface area contributed by atoms with E-state index in [9.17, 15) is 19.8 Å². The summed E-state index contributed by atoms with van der Waals surface area (Å²) in [6.07, 6.45) is 0. The van der Waals surface area contributed by atoms with Crippen LogP contribution in [0, 0.1) is 0 Å². The Bertz CT molecular complexity index is 635. The summed E-state index contributed by atoms with van der Waals surface area (Å²) < 4.78 is 0. The molecule has 0 heterocycles. The van der Waals surface area contributed by atoms with Crippen LogP contribution in [0.4, 0.5) is 0 Å². The zero-order chi connectivity index (χ0) is 15.9. The molecule has 0 bridgehead atoms. The van der Waals surface area contributed by atoms with Gasteiger partial charge in [-0.3, -0.25) is 0 Å². The summed E-state index contributed by atoms with van der Waals surface area (Å²) in [5, 5.41) is 18.8. The van der Waals surface area contributed by atoms with Gasteiger partial charge in [0.15, 0.2) is 0 Å². The molecular formula is C16H12O4S2. The lowest BCUT2D eigenvalue weighted by molar-refractivity contribution is -0.134. The summed E-state index contributed by atoms with van der Waals surface area (Å²) in [5.74, 6) is -2.51. The van der Waals surface area contributed by atoms with Gasteiger partial charge < -0.3 is 10.2 Å². The zero-order valence-corrected chi connectivity index (χ0v) is 12.9. The number of carboxylic acid groups (broad SMARTS) is 2. The minimum atomic E-state index is -1.25. The van der Waals surface area contributed by atoms with Crippen LogP contribution in [-0.4, -0.2) is 22.2 Å². The Kier molecular flexibility index (Phi) is 5.68. The molecule has 0 amide bonds. The number of thioether (sulfide) groups is 2. The first-order valence-corrected chi connectivity index (χ1v) is 7.88. The third-order valence-electron chi connectivity index (χ3n) is 2.52. The molecule has 0 spiro atoms. The second-order valence-corrected chi connectivity index (χ2v) is 6.27. The van der Waals surface area contributed by atoms with Gasteiger partial charge in [0.1, 0.15) is 9.81 Å². The molecule has 0 radical (unpaired) electrons. The second-order valence-electron chi connectivity index (χ2n) is 4.10. The predicted octanol–water partition coefficient (Wildman–Crippen LogP) is 3.95. The molecule has 0 saturated carbocycles. The fourth-order valence-electron chi connectivity index (χ4n) is 1.59. The van der Waals surface area contributed by atoms with E-state index in [1.165, 1.54) is 0 Å². The number of hydrogen-bond donors (Lipinski definition) is 2. The summed E-state index contributed by atoms with van der Waals surface area (Å²) in [6, 6.07) is 17.6. The molecule has 0 aliphatic rings. The smallest absolute Gasteiger partial charge is 0.343 e. The van der Waals surface area contributed by atoms with Crippen molar-refractivity contribution < 1.29 is 19.8 Å². The first-order chi connectivity index (χ1) is 10.6. The topological polar surface area (TPSA) is 74.6 Å². The van der Waals surface area contributed by atoms with Gasteiger partial charge >= 0.3 is 11.9 Å². The Morgan fingerprint density at radius 1 is 0.636 bits per heavy atom. The largest absolute Gasteiger partial charge is 0.477 e. The van der Waals surface area contributed by atoms with Crippen molar-refractivity contribution in [2.75, 3.05) is 0 Å². The van der Waals surface area contributed by atoms with Crippen LogP contribution in [0.3, 0.4) is 0 Å². The van der Waals surface area contributed by atoms with Crippen LogP contribution in [0.15, 0.2) is 80.3 Å². The first-order valence-electron chi connectivity index (χ1n) is 6.24. The van der Waals surface area contributed by atoms with Gasteiger partial charge in [-0.25, -0.2) is 9.59 Å². The Morgan fingerprint density at radius 2 is 0.955 bits per heavy atom. The van der Waals surface area contributed by atoms with E-state index in [-0.39, 0.29) is 9.81 Å². The monoisotopic (exact) mass is 332 g/mol. The second kappa shape index (κ2) is 7.72. The fraction of sp³-hybridized carbons (Fsp3) is 0. The van der Waals surface area contributed by atoms with Gasteiger partial charge in [0.05, 0.1) is 0 Å². The molecule has 2 aromatic rings. The summed E-state index contributed by atoms with van der Waals surface area (Å²) in [7, 11) is 0. The first kappa shape index (κ1) is 16.2. The van der Waals surface area contributed by atoms with Gasteiger partial charge in [-0.2, -0.15) is 0 Å². The fourth-order valence-corrected chi connectivity index (χ4v) is 3.43. The van der Waals surface area contributed by atoms with Crippen LogP contribution >= 0.6 is 23.5 Å². The molecule has 2 N–H and O–H groups in total. The van der Waals surface area contributed by atoms with Crippen molar-refractivity contribution in [3.63, 3.8) is 0 Å². The van der Waals surface area contributed by atoms with Crippen LogP contribution in [0.2, 0.25) is 0 Å². The van der Waals surface area contributed by atoms with Crippen LogP contribution in [0.5, 0.6) is 0 Å². The van der Waals surface area contributed by atoms with E-state index in [4.69, 9.17) is 0 Å². The van der Waals surface area contributed by atoms with Crippen molar-refractivity contribution in [3.05, 3.63) is 70.5 Å². The maximum Gasteiger partial charge on any atom is 0.343 e. The summed E-state index contributed by atoms with van der Waals surface area (Å²) >= 11 is 1.86. The van der Waals surface area contributed by atoms with E-state index in [0.717, 1.165) is 23.5 Å². The minimum Gasteiger partial charge on any atom is -0.477 e. The standard InChI is InChI=1S/C16H12O4S2/c17-15(18)13(21-11-7-3-1-4-8-11)14(16(19)20)22-12-9-5-2-6-10-12/h1-10H,(H,17,18)(H,19,20). The average Bonchev–Trinajstić information content (AvgIpc) is 2.52. The quantitative estimate of drug-likeness (QED) is 0.616. The Balaban J connectivity index is 2.39. The maximum atomic E-state index is 11.5. The van der Waals surface area contributed by atoms with Gasteiger partial charge in [0.2, 0.25) is 0 Å². The lowest BCUT2D eigenvalue weighted by atomic mass is 10.4. The molecule has 0 aromatic heterocycles. The van der Waals surface area contributed by atoms with E-state index in [0.29, 0.717) is 9.79 Å². The van der Waals surface area contributed by atoms with Gasteiger partial charge in [-0.15, -0.1) is 0 Å². The highest BCUT2D eigenvalue weighted by molar-refractivity contribution is 8.08. The summed E-state index contributed by atoms with van der Waals surface area (Å²) in [6.45, 7) is 0. The van der Waals surface area contributed by atoms with E-state index >= 15 is 0 Å². The van der Waals surface area contributed by atoms with Crippen molar-refractivity contribution in [2.24, 2.45) is 0 Å². The molecule has 4 nitrogen and oxygen atoms in total. The molecule has 0 aliphatic heterocycles. The summed E-state index contributed by atoms with van der Waals surface area (Å²) in [5.41, 5.74) is 0. The third kappa shape index (κ3) is 4.41. The SMILES string of the molecule is O=C(O)C(Sc1ccccc1)=C(Sc1ccccc1)C(=O)O. The number of carbonyl (C=O) groups is 2. The predicted molar refractivity (Wildman–Crippen MR) is 86.9 cm³/mol. The van der Waals surface area contributed by atoms with Crippen molar-refractivity contribution in [1.29, 1.82) is 0 Å². The molecule has 112 valence electrons. The molecule has 0 aliphatic carbocycles. The lowest BCUT2D eigenvalue weighted by Gasteiger charge is -2.08. The molecule has 2 aromatic carbocycles. The number of benzene rings is 2. The number of carboxylic acids is 2. The molecule has 6 heteroatoms. The Hall–Kier alpha value is -2.18. The van der Waals surface area contributed by atoms with Crippen LogP contribution in [0.25, 0.3) is 0 Å². The maximum absolute atomic E-state index is 11.5. The Labute approximate surface area is 135 Å². The number of hydrogen-bond acceptors (Lipinski definition) is 4. The number of aliphatic carboxylic acids is 2. The lowest BCUT2D eigenvalue weighted by Crippen LogP contribution is -2.07. The zero-order valence-electron chi connectivity index (χ0n) is 11.3.